The fraction of sp³-hybridized carbons (Fsp3) is 0.417. The zero-order valence-corrected chi connectivity index (χ0v) is 19.7. The fourth-order valence-electron chi connectivity index (χ4n) is 3.84. The molecule has 0 aromatic heterocycles. The van der Waals surface area contributed by atoms with Crippen LogP contribution >= 0.6 is 0 Å². The van der Waals surface area contributed by atoms with Gasteiger partial charge in [-0.2, -0.15) is 0 Å². The van der Waals surface area contributed by atoms with Crippen LogP contribution in [0.3, 0.4) is 0 Å². The quantitative estimate of drug-likeness (QED) is 0.584. The van der Waals surface area contributed by atoms with Gasteiger partial charge >= 0.3 is 5.97 Å². The molecule has 3 atom stereocenters. The van der Waals surface area contributed by atoms with Crippen molar-refractivity contribution < 1.29 is 27.1 Å². The lowest BCUT2D eigenvalue weighted by atomic mass is 9.86. The molecule has 1 aliphatic rings. The molecular formula is C24H29FN2O5S. The van der Waals surface area contributed by atoms with Crippen molar-refractivity contribution in [1.82, 2.24) is 5.32 Å². The molecule has 178 valence electrons. The van der Waals surface area contributed by atoms with Crippen LogP contribution in [0, 0.1) is 18.7 Å². The first-order valence-electron chi connectivity index (χ1n) is 11.0. The average molecular weight is 477 g/mol. The Hall–Kier alpha value is -2.94. The van der Waals surface area contributed by atoms with E-state index in [1.165, 1.54) is 37.3 Å². The molecule has 0 bridgehead atoms. The Morgan fingerprint density at radius 3 is 2.52 bits per heavy atom. The topological polar surface area (TPSA) is 102 Å². The van der Waals surface area contributed by atoms with Crippen LogP contribution in [0.15, 0.2) is 47.4 Å². The highest BCUT2D eigenvalue weighted by Gasteiger charge is 2.27. The third-order valence-electron chi connectivity index (χ3n) is 5.95. The van der Waals surface area contributed by atoms with Gasteiger partial charge in [0.1, 0.15) is 5.82 Å². The van der Waals surface area contributed by atoms with Crippen LogP contribution in [0.1, 0.15) is 55.5 Å². The van der Waals surface area contributed by atoms with E-state index in [-0.39, 0.29) is 28.1 Å². The zero-order chi connectivity index (χ0) is 24.2. The lowest BCUT2D eigenvalue weighted by Gasteiger charge is -2.30. The normalized spacial score (nSPS) is 19.4. The number of para-hydroxylation sites is 1. The summed E-state index contributed by atoms with van der Waals surface area (Å²) in [6.45, 7) is 5.20. The van der Waals surface area contributed by atoms with Crippen molar-refractivity contribution in [1.29, 1.82) is 0 Å². The largest absolute Gasteiger partial charge is 0.449 e. The number of halogens is 1. The maximum Gasteiger partial charge on any atom is 0.339 e. The second-order valence-corrected chi connectivity index (χ2v) is 10.2. The number of carbonyl (C=O) groups is 2. The second-order valence-electron chi connectivity index (χ2n) is 8.49. The molecule has 0 radical (unpaired) electrons. The van der Waals surface area contributed by atoms with E-state index < -0.39 is 27.9 Å². The van der Waals surface area contributed by atoms with Crippen molar-refractivity contribution in [3.63, 3.8) is 0 Å². The summed E-state index contributed by atoms with van der Waals surface area (Å²) in [5, 5.41) is 2.95. The number of hydrogen-bond acceptors (Lipinski definition) is 5. The van der Waals surface area contributed by atoms with E-state index in [1.807, 2.05) is 0 Å². The molecule has 0 aliphatic heterocycles. The Morgan fingerprint density at radius 1 is 1.12 bits per heavy atom. The molecule has 2 aromatic rings. The number of ether oxygens (including phenoxy) is 1. The first-order chi connectivity index (χ1) is 15.6. The van der Waals surface area contributed by atoms with Gasteiger partial charge < -0.3 is 10.1 Å². The first kappa shape index (κ1) is 24.7. The van der Waals surface area contributed by atoms with Crippen molar-refractivity contribution in [3.05, 3.63) is 59.4 Å². The summed E-state index contributed by atoms with van der Waals surface area (Å²) in [6, 6.07) is 9.36. The highest BCUT2D eigenvalue weighted by molar-refractivity contribution is 7.92. The van der Waals surface area contributed by atoms with Gasteiger partial charge in [-0.15, -0.1) is 0 Å². The molecule has 0 unspecified atom stereocenters. The van der Waals surface area contributed by atoms with E-state index in [1.54, 1.807) is 6.92 Å². The number of rotatable bonds is 7. The van der Waals surface area contributed by atoms with Gasteiger partial charge in [0.05, 0.1) is 16.1 Å². The van der Waals surface area contributed by atoms with Crippen LogP contribution in [0.4, 0.5) is 10.1 Å². The molecule has 3 rings (SSSR count). The molecule has 0 heterocycles. The van der Waals surface area contributed by atoms with E-state index in [0.29, 0.717) is 11.5 Å². The number of sulfonamides is 1. The number of carbonyl (C=O) groups excluding carboxylic acids is 2. The van der Waals surface area contributed by atoms with Gasteiger partial charge in [-0.3, -0.25) is 9.52 Å². The zero-order valence-electron chi connectivity index (χ0n) is 18.9. The molecular weight excluding hydrogens is 447 g/mol. The van der Waals surface area contributed by atoms with E-state index in [9.17, 15) is 22.4 Å². The fourth-order valence-corrected chi connectivity index (χ4v) is 4.94. The Kier molecular flexibility index (Phi) is 7.73. The molecule has 9 heteroatoms. The highest BCUT2D eigenvalue weighted by atomic mass is 32.2. The summed E-state index contributed by atoms with van der Waals surface area (Å²) in [5.41, 5.74) is 0.292. The van der Waals surface area contributed by atoms with Crippen LogP contribution in [-0.4, -0.2) is 32.4 Å². The van der Waals surface area contributed by atoms with Crippen LogP contribution in [-0.2, 0) is 19.6 Å². The Morgan fingerprint density at radius 2 is 1.82 bits per heavy atom. The minimum Gasteiger partial charge on any atom is -0.449 e. The third kappa shape index (κ3) is 6.10. The lowest BCUT2D eigenvalue weighted by molar-refractivity contribution is -0.130. The Bertz CT molecular complexity index is 1140. The monoisotopic (exact) mass is 476 g/mol. The van der Waals surface area contributed by atoms with E-state index in [2.05, 4.69) is 17.0 Å². The standard InChI is InChI=1S/C24H29FN2O5S/c1-15-12-13-18(33(30,31)27-22-11-7-5-9-20(22)25)14-19(15)24(29)32-17(3)23(28)26-21-10-6-4-8-16(21)2/h5,7,9,11-14,16-17,21,27H,4,6,8,10H2,1-3H3,(H,26,28)/t16-,17+,21-/m0/s1. The minimum absolute atomic E-state index is 0.0112. The van der Waals surface area contributed by atoms with Crippen molar-refractivity contribution in [2.24, 2.45) is 5.92 Å². The van der Waals surface area contributed by atoms with Gasteiger partial charge in [0.2, 0.25) is 0 Å². The average Bonchev–Trinajstić information content (AvgIpc) is 2.76. The summed E-state index contributed by atoms with van der Waals surface area (Å²) < 4.78 is 46.8. The summed E-state index contributed by atoms with van der Waals surface area (Å²) in [7, 11) is -4.16. The molecule has 1 saturated carbocycles. The first-order valence-corrected chi connectivity index (χ1v) is 12.5. The van der Waals surface area contributed by atoms with E-state index in [0.717, 1.165) is 37.8 Å². The molecule has 7 nitrogen and oxygen atoms in total. The van der Waals surface area contributed by atoms with E-state index >= 15 is 0 Å². The Labute approximate surface area is 193 Å². The third-order valence-corrected chi connectivity index (χ3v) is 7.31. The second kappa shape index (κ2) is 10.3. The van der Waals surface area contributed by atoms with Crippen LogP contribution in [0.5, 0.6) is 0 Å². The van der Waals surface area contributed by atoms with Crippen molar-refractivity contribution >= 4 is 27.6 Å². The Balaban J connectivity index is 1.72. The van der Waals surface area contributed by atoms with E-state index in [4.69, 9.17) is 4.74 Å². The van der Waals surface area contributed by atoms with Crippen molar-refractivity contribution in [2.75, 3.05) is 4.72 Å². The van der Waals surface area contributed by atoms with Gasteiger partial charge in [0.15, 0.2) is 6.10 Å². The van der Waals surface area contributed by atoms with Gasteiger partial charge in [-0.05, 0) is 62.4 Å². The minimum atomic E-state index is -4.16. The number of nitrogens with one attached hydrogen (secondary N) is 2. The number of hydrogen-bond donors (Lipinski definition) is 2. The van der Waals surface area contributed by atoms with Crippen molar-refractivity contribution in [3.8, 4) is 0 Å². The summed E-state index contributed by atoms with van der Waals surface area (Å²) in [4.78, 5) is 25.1. The van der Waals surface area contributed by atoms with Crippen LogP contribution in [0.25, 0.3) is 0 Å². The maximum atomic E-state index is 13.9. The molecule has 1 fully saturated rings. The number of aryl methyl sites for hydroxylation is 1. The predicted octanol–water partition coefficient (Wildman–Crippen LogP) is 4.18. The van der Waals surface area contributed by atoms with Gasteiger partial charge in [0, 0.05) is 6.04 Å². The van der Waals surface area contributed by atoms with Gasteiger partial charge in [0.25, 0.3) is 15.9 Å². The molecule has 33 heavy (non-hydrogen) atoms. The van der Waals surface area contributed by atoms with Crippen LogP contribution < -0.4 is 10.0 Å². The number of benzene rings is 2. The number of anilines is 1. The SMILES string of the molecule is Cc1ccc(S(=O)(=O)Nc2ccccc2F)cc1C(=O)O[C@H](C)C(=O)N[C@H]1CCCC[C@@H]1C. The smallest absolute Gasteiger partial charge is 0.339 e. The van der Waals surface area contributed by atoms with Crippen LogP contribution in [0.2, 0.25) is 0 Å². The number of amides is 1. The maximum absolute atomic E-state index is 13.9. The lowest BCUT2D eigenvalue weighted by Crippen LogP contribution is -2.46. The molecule has 2 aromatic carbocycles. The molecule has 0 saturated heterocycles. The van der Waals surface area contributed by atoms with Crippen molar-refractivity contribution in [2.45, 2.75) is 63.5 Å². The highest BCUT2D eigenvalue weighted by Crippen LogP contribution is 2.24. The molecule has 1 aliphatic carbocycles. The molecule has 1 amide bonds. The molecule has 2 N–H and O–H groups in total. The molecule has 0 spiro atoms. The number of esters is 1. The summed E-state index contributed by atoms with van der Waals surface area (Å²) in [6.07, 6.45) is 3.08. The summed E-state index contributed by atoms with van der Waals surface area (Å²) in [5.74, 6) is -1.56. The predicted molar refractivity (Wildman–Crippen MR) is 123 cm³/mol. The van der Waals surface area contributed by atoms with Gasteiger partial charge in [-0.1, -0.05) is 38.0 Å². The van der Waals surface area contributed by atoms with Gasteiger partial charge in [-0.25, -0.2) is 17.6 Å². The summed E-state index contributed by atoms with van der Waals surface area (Å²) >= 11 is 0.